The molecule has 2 amide bonds. The number of ether oxygens (including phenoxy) is 1. The molecule has 0 aromatic heterocycles. The van der Waals surface area contributed by atoms with Crippen molar-refractivity contribution in [2.24, 2.45) is 0 Å². The minimum Gasteiger partial charge on any atom is -0.493 e. The van der Waals surface area contributed by atoms with E-state index in [4.69, 9.17) is 8.92 Å². The average molecular weight is 544 g/mol. The van der Waals surface area contributed by atoms with Gasteiger partial charge in [0.2, 0.25) is 5.91 Å². The number of carbonyl (C=O) groups is 2. The van der Waals surface area contributed by atoms with Gasteiger partial charge < -0.3 is 24.0 Å². The second-order valence-corrected chi connectivity index (χ2v) is 10.3. The summed E-state index contributed by atoms with van der Waals surface area (Å²) >= 11 is 0. The van der Waals surface area contributed by atoms with Gasteiger partial charge in [0.25, 0.3) is 5.91 Å². The summed E-state index contributed by atoms with van der Waals surface area (Å²) in [7, 11) is 0.844. The summed E-state index contributed by atoms with van der Waals surface area (Å²) in [6.07, 6.45) is 0. The van der Waals surface area contributed by atoms with Gasteiger partial charge in [-0.2, -0.15) is 8.42 Å². The van der Waals surface area contributed by atoms with E-state index in [2.05, 4.69) is 5.32 Å². The Balaban J connectivity index is 1.88. The van der Waals surface area contributed by atoms with Crippen LogP contribution in [-0.4, -0.2) is 64.3 Å². The maximum absolute atomic E-state index is 14.4. The van der Waals surface area contributed by atoms with Gasteiger partial charge in [0, 0.05) is 32.2 Å². The fraction of sp³-hybridized carbons (Fsp3) is 0.259. The average Bonchev–Trinajstić information content (AvgIpc) is 2.86. The van der Waals surface area contributed by atoms with Crippen LogP contribution in [0.5, 0.6) is 11.5 Å². The first-order valence-corrected chi connectivity index (χ1v) is 13.1. The summed E-state index contributed by atoms with van der Waals surface area (Å²) in [5, 5.41) is 2.57. The second kappa shape index (κ2) is 12.5. The van der Waals surface area contributed by atoms with E-state index in [1.807, 2.05) is 19.0 Å². The Labute approximate surface area is 221 Å². The first-order valence-electron chi connectivity index (χ1n) is 11.7. The standard InChI is InChI=1S/C27H30FN3O6S/c1-19(32)29-21-10-12-22(13-11-21)38(34,35)37-26-17-20(9-14-25(26)36-4)18-31(16-15-30(2)3)27(33)23-7-5-6-8-24(23)28/h5-14,17H,15-16,18H2,1-4H3,(H,29,32). The van der Waals surface area contributed by atoms with E-state index in [0.717, 1.165) is 0 Å². The molecule has 3 rings (SSSR count). The Bertz CT molecular complexity index is 1390. The van der Waals surface area contributed by atoms with Crippen LogP contribution >= 0.6 is 0 Å². The molecule has 38 heavy (non-hydrogen) atoms. The van der Waals surface area contributed by atoms with Crippen LogP contribution in [0.3, 0.4) is 0 Å². The summed E-state index contributed by atoms with van der Waals surface area (Å²) < 4.78 is 51.0. The normalized spacial score (nSPS) is 11.2. The van der Waals surface area contributed by atoms with Crippen molar-refractivity contribution in [3.63, 3.8) is 0 Å². The first kappa shape index (κ1) is 28.6. The third kappa shape index (κ3) is 7.53. The number of carbonyl (C=O) groups excluding carboxylic acids is 2. The molecule has 0 aliphatic heterocycles. The smallest absolute Gasteiger partial charge is 0.339 e. The van der Waals surface area contributed by atoms with Crippen LogP contribution in [-0.2, 0) is 21.5 Å². The molecule has 9 nitrogen and oxygen atoms in total. The molecule has 0 saturated carbocycles. The molecule has 3 aromatic rings. The number of hydrogen-bond acceptors (Lipinski definition) is 7. The lowest BCUT2D eigenvalue weighted by molar-refractivity contribution is -0.114. The highest BCUT2D eigenvalue weighted by Gasteiger charge is 2.22. The first-order chi connectivity index (χ1) is 18.0. The Kier molecular flexibility index (Phi) is 9.43. The lowest BCUT2D eigenvalue weighted by atomic mass is 10.1. The van der Waals surface area contributed by atoms with E-state index in [1.54, 1.807) is 12.1 Å². The van der Waals surface area contributed by atoms with Crippen LogP contribution in [0.2, 0.25) is 0 Å². The summed E-state index contributed by atoms with van der Waals surface area (Å²) in [6, 6.07) is 16.0. The van der Waals surface area contributed by atoms with Gasteiger partial charge in [-0.3, -0.25) is 9.59 Å². The van der Waals surface area contributed by atoms with Crippen molar-refractivity contribution in [1.29, 1.82) is 0 Å². The Morgan fingerprint density at radius 2 is 1.63 bits per heavy atom. The zero-order valence-corrected chi connectivity index (χ0v) is 22.4. The number of anilines is 1. The van der Waals surface area contributed by atoms with Gasteiger partial charge >= 0.3 is 10.1 Å². The monoisotopic (exact) mass is 543 g/mol. The molecule has 3 aromatic carbocycles. The molecule has 0 aliphatic carbocycles. The van der Waals surface area contributed by atoms with Gasteiger partial charge in [0.15, 0.2) is 11.5 Å². The molecule has 202 valence electrons. The van der Waals surface area contributed by atoms with Crippen molar-refractivity contribution >= 4 is 27.6 Å². The summed E-state index contributed by atoms with van der Waals surface area (Å²) in [5.41, 5.74) is 0.940. The molecule has 11 heteroatoms. The van der Waals surface area contributed by atoms with Crippen molar-refractivity contribution < 1.29 is 31.3 Å². The number of likely N-dealkylation sites (N-methyl/N-ethyl adjacent to an activating group) is 1. The number of halogens is 1. The molecule has 0 aliphatic rings. The van der Waals surface area contributed by atoms with Crippen LogP contribution in [0.1, 0.15) is 22.8 Å². The molecule has 0 bridgehead atoms. The molecule has 0 atom stereocenters. The van der Waals surface area contributed by atoms with Crippen molar-refractivity contribution in [1.82, 2.24) is 9.80 Å². The number of hydrogen-bond donors (Lipinski definition) is 1. The molecular weight excluding hydrogens is 513 g/mol. The number of nitrogens with one attached hydrogen (secondary N) is 1. The summed E-state index contributed by atoms with van der Waals surface area (Å²) in [4.78, 5) is 27.7. The number of rotatable bonds is 11. The van der Waals surface area contributed by atoms with Gasteiger partial charge in [-0.1, -0.05) is 18.2 Å². The van der Waals surface area contributed by atoms with Crippen molar-refractivity contribution in [3.8, 4) is 11.5 Å². The van der Waals surface area contributed by atoms with Gasteiger partial charge in [-0.15, -0.1) is 0 Å². The third-order valence-corrected chi connectivity index (χ3v) is 6.72. The van der Waals surface area contributed by atoms with Crippen LogP contribution in [0.4, 0.5) is 10.1 Å². The highest BCUT2D eigenvalue weighted by atomic mass is 32.2. The second-order valence-electron chi connectivity index (χ2n) is 8.74. The predicted molar refractivity (Wildman–Crippen MR) is 141 cm³/mol. The Morgan fingerprint density at radius 1 is 0.947 bits per heavy atom. The van der Waals surface area contributed by atoms with Crippen molar-refractivity contribution in [2.75, 3.05) is 39.6 Å². The molecule has 0 saturated heterocycles. The van der Waals surface area contributed by atoms with Gasteiger partial charge in [-0.25, -0.2) is 4.39 Å². The van der Waals surface area contributed by atoms with E-state index < -0.39 is 21.8 Å². The number of benzene rings is 3. The van der Waals surface area contributed by atoms with E-state index in [1.165, 1.54) is 73.5 Å². The zero-order chi connectivity index (χ0) is 27.9. The molecule has 0 spiro atoms. The fourth-order valence-electron chi connectivity index (χ4n) is 3.56. The minimum atomic E-state index is -4.25. The highest BCUT2D eigenvalue weighted by Crippen LogP contribution is 2.32. The fourth-order valence-corrected chi connectivity index (χ4v) is 4.49. The molecule has 0 radical (unpaired) electrons. The lowest BCUT2D eigenvalue weighted by Crippen LogP contribution is -2.36. The molecule has 0 unspecified atom stereocenters. The quantitative estimate of drug-likeness (QED) is 0.367. The van der Waals surface area contributed by atoms with Crippen LogP contribution < -0.4 is 14.2 Å². The van der Waals surface area contributed by atoms with Crippen molar-refractivity contribution in [2.45, 2.75) is 18.4 Å². The number of nitrogens with zero attached hydrogens (tertiary/aromatic N) is 2. The maximum Gasteiger partial charge on any atom is 0.339 e. The topological polar surface area (TPSA) is 105 Å². The number of amides is 2. The lowest BCUT2D eigenvalue weighted by Gasteiger charge is -2.25. The van der Waals surface area contributed by atoms with Crippen LogP contribution in [0, 0.1) is 5.82 Å². The van der Waals surface area contributed by atoms with Crippen LogP contribution in [0.25, 0.3) is 0 Å². The summed E-state index contributed by atoms with van der Waals surface area (Å²) in [6.45, 7) is 2.26. The molecule has 1 N–H and O–H groups in total. The SMILES string of the molecule is COc1ccc(CN(CCN(C)C)C(=O)c2ccccc2F)cc1OS(=O)(=O)c1ccc(NC(C)=O)cc1. The molecule has 0 fully saturated rings. The van der Waals surface area contributed by atoms with Crippen molar-refractivity contribution in [3.05, 3.63) is 83.7 Å². The predicted octanol–water partition coefficient (Wildman–Crippen LogP) is 3.76. The van der Waals surface area contributed by atoms with Crippen LogP contribution in [0.15, 0.2) is 71.6 Å². The largest absolute Gasteiger partial charge is 0.493 e. The van der Waals surface area contributed by atoms with Gasteiger partial charge in [0.05, 0.1) is 12.7 Å². The van der Waals surface area contributed by atoms with E-state index in [0.29, 0.717) is 24.3 Å². The summed E-state index contributed by atoms with van der Waals surface area (Å²) in [5.74, 6) is -1.29. The molecule has 0 heterocycles. The maximum atomic E-state index is 14.4. The third-order valence-electron chi connectivity index (χ3n) is 5.47. The minimum absolute atomic E-state index is 0.0541. The number of methoxy groups -OCH3 is 1. The Morgan fingerprint density at radius 3 is 2.24 bits per heavy atom. The van der Waals surface area contributed by atoms with Gasteiger partial charge in [0.1, 0.15) is 10.7 Å². The Hall–Kier alpha value is -3.96. The van der Waals surface area contributed by atoms with Gasteiger partial charge in [-0.05, 0) is 68.2 Å². The zero-order valence-electron chi connectivity index (χ0n) is 21.6. The van der Waals surface area contributed by atoms with E-state index >= 15 is 0 Å². The van der Waals surface area contributed by atoms with E-state index in [9.17, 15) is 22.4 Å². The molecular formula is C27H30FN3O6S. The highest BCUT2D eigenvalue weighted by molar-refractivity contribution is 7.87. The van der Waals surface area contributed by atoms with E-state index in [-0.39, 0.29) is 34.4 Å².